The number of hydrogen-bond acceptors (Lipinski definition) is 6. The number of nitrogens with zero attached hydrogens (tertiary/aromatic N) is 2. The summed E-state index contributed by atoms with van der Waals surface area (Å²) in [5.74, 6) is 0.311. The van der Waals surface area contributed by atoms with Gasteiger partial charge in [0, 0.05) is 18.7 Å². The molecule has 0 fully saturated rings. The molecule has 0 amide bonds. The van der Waals surface area contributed by atoms with Crippen LogP contribution in [-0.2, 0) is 4.79 Å². The molecule has 0 saturated heterocycles. The number of carbonyl (C=O) groups is 1. The third kappa shape index (κ3) is 2.32. The van der Waals surface area contributed by atoms with Crippen molar-refractivity contribution in [1.29, 1.82) is 0 Å². The average Bonchev–Trinajstić information content (AvgIpc) is 2.94. The summed E-state index contributed by atoms with van der Waals surface area (Å²) in [6, 6.07) is 10.3. The van der Waals surface area contributed by atoms with E-state index in [4.69, 9.17) is 9.15 Å². The molecule has 1 N–H and O–H groups in total. The van der Waals surface area contributed by atoms with Crippen LogP contribution in [0.25, 0.3) is 33.6 Å². The first-order valence-electron chi connectivity index (χ1n) is 7.18. The van der Waals surface area contributed by atoms with Crippen LogP contribution >= 0.6 is 0 Å². The van der Waals surface area contributed by atoms with Crippen LogP contribution in [0.5, 0.6) is 5.75 Å². The third-order valence-corrected chi connectivity index (χ3v) is 3.47. The van der Waals surface area contributed by atoms with Crippen LogP contribution in [0.15, 0.2) is 51.8 Å². The van der Waals surface area contributed by atoms with Crippen molar-refractivity contribution >= 4 is 28.2 Å². The zero-order valence-corrected chi connectivity index (χ0v) is 12.6. The van der Waals surface area contributed by atoms with Crippen molar-refractivity contribution in [3.63, 3.8) is 0 Å². The normalized spacial score (nSPS) is 11.0. The maximum Gasteiger partial charge on any atom is 0.308 e. The lowest BCUT2D eigenvalue weighted by atomic mass is 10.2. The highest BCUT2D eigenvalue weighted by atomic mass is 16.5. The molecule has 0 unspecified atom stereocenters. The molecule has 3 heterocycles. The second kappa shape index (κ2) is 5.31. The number of carbonyl (C=O) groups excluding carboxylic acids is 1. The third-order valence-electron chi connectivity index (χ3n) is 3.47. The van der Waals surface area contributed by atoms with Gasteiger partial charge in [-0.3, -0.25) is 9.59 Å². The standard InChI is InChI=1S/C17H11N3O4/c1-9(21)23-11-5-2-4-10(8-11)15-19-13-12-6-3-7-18-17(12)24-14(13)16(22)20-15/h2-8H,1H3,(H,19,20,22). The van der Waals surface area contributed by atoms with E-state index in [2.05, 4.69) is 15.0 Å². The van der Waals surface area contributed by atoms with E-state index in [1.807, 2.05) is 0 Å². The van der Waals surface area contributed by atoms with Gasteiger partial charge in [-0.2, -0.15) is 0 Å². The number of ether oxygens (including phenoxy) is 1. The Kier molecular flexibility index (Phi) is 3.13. The van der Waals surface area contributed by atoms with Crippen LogP contribution in [0.2, 0.25) is 0 Å². The van der Waals surface area contributed by atoms with Gasteiger partial charge in [0.05, 0.1) is 5.39 Å². The number of pyridine rings is 1. The van der Waals surface area contributed by atoms with Gasteiger partial charge < -0.3 is 14.1 Å². The van der Waals surface area contributed by atoms with Gasteiger partial charge in [-0.25, -0.2) is 9.97 Å². The molecule has 0 saturated carbocycles. The molecule has 24 heavy (non-hydrogen) atoms. The Bertz CT molecular complexity index is 1140. The smallest absolute Gasteiger partial charge is 0.308 e. The fourth-order valence-corrected chi connectivity index (χ4v) is 2.50. The fraction of sp³-hybridized carbons (Fsp3) is 0.0588. The summed E-state index contributed by atoms with van der Waals surface area (Å²) >= 11 is 0. The number of H-pyrrole nitrogens is 1. The lowest BCUT2D eigenvalue weighted by Crippen LogP contribution is -2.08. The maximum absolute atomic E-state index is 12.3. The Morgan fingerprint density at radius 2 is 2.12 bits per heavy atom. The number of aromatic amines is 1. The first-order chi connectivity index (χ1) is 11.6. The van der Waals surface area contributed by atoms with E-state index >= 15 is 0 Å². The van der Waals surface area contributed by atoms with Crippen molar-refractivity contribution in [2.24, 2.45) is 0 Å². The van der Waals surface area contributed by atoms with Crippen LogP contribution in [-0.4, -0.2) is 20.9 Å². The number of aromatic nitrogens is 3. The van der Waals surface area contributed by atoms with Crippen LogP contribution in [0.1, 0.15) is 6.92 Å². The summed E-state index contributed by atoms with van der Waals surface area (Å²) in [6.45, 7) is 1.32. The number of esters is 1. The molecule has 4 aromatic rings. The van der Waals surface area contributed by atoms with Gasteiger partial charge in [-0.15, -0.1) is 0 Å². The first-order valence-corrected chi connectivity index (χ1v) is 7.18. The molecular weight excluding hydrogens is 310 g/mol. The van der Waals surface area contributed by atoms with E-state index in [-0.39, 0.29) is 5.58 Å². The van der Waals surface area contributed by atoms with Crippen molar-refractivity contribution < 1.29 is 13.9 Å². The van der Waals surface area contributed by atoms with Crippen molar-refractivity contribution in [3.05, 3.63) is 52.9 Å². The first kappa shape index (κ1) is 14.1. The van der Waals surface area contributed by atoms with Crippen molar-refractivity contribution in [2.75, 3.05) is 0 Å². The van der Waals surface area contributed by atoms with Crippen molar-refractivity contribution in [2.45, 2.75) is 6.92 Å². The number of benzene rings is 1. The Morgan fingerprint density at radius 3 is 2.96 bits per heavy atom. The molecule has 0 aliphatic carbocycles. The fourth-order valence-electron chi connectivity index (χ4n) is 2.50. The van der Waals surface area contributed by atoms with E-state index in [0.717, 1.165) is 0 Å². The zero-order chi connectivity index (χ0) is 16.7. The molecule has 118 valence electrons. The predicted octanol–water partition coefficient (Wildman–Crippen LogP) is 2.66. The lowest BCUT2D eigenvalue weighted by Gasteiger charge is -2.04. The Morgan fingerprint density at radius 1 is 1.25 bits per heavy atom. The zero-order valence-electron chi connectivity index (χ0n) is 12.6. The predicted molar refractivity (Wildman–Crippen MR) is 86.7 cm³/mol. The van der Waals surface area contributed by atoms with Gasteiger partial charge in [-0.1, -0.05) is 12.1 Å². The van der Waals surface area contributed by atoms with Gasteiger partial charge in [0.15, 0.2) is 0 Å². The summed E-state index contributed by atoms with van der Waals surface area (Å²) in [5.41, 5.74) is 1.14. The van der Waals surface area contributed by atoms with Crippen LogP contribution in [0.4, 0.5) is 0 Å². The summed E-state index contributed by atoms with van der Waals surface area (Å²) in [5, 5.41) is 0.663. The van der Waals surface area contributed by atoms with E-state index in [9.17, 15) is 9.59 Å². The van der Waals surface area contributed by atoms with E-state index in [1.165, 1.54) is 6.92 Å². The molecule has 0 aliphatic rings. The average molecular weight is 321 g/mol. The summed E-state index contributed by atoms with van der Waals surface area (Å²) in [4.78, 5) is 34.6. The minimum absolute atomic E-state index is 0.128. The molecule has 7 heteroatoms. The highest BCUT2D eigenvalue weighted by molar-refractivity contribution is 6.00. The second-order valence-corrected chi connectivity index (χ2v) is 5.17. The summed E-state index contributed by atoms with van der Waals surface area (Å²) < 4.78 is 10.5. The molecular formula is C17H11N3O4. The van der Waals surface area contributed by atoms with Crippen LogP contribution < -0.4 is 10.3 Å². The van der Waals surface area contributed by atoms with Crippen LogP contribution in [0, 0.1) is 0 Å². The molecule has 1 aromatic carbocycles. The number of hydrogen-bond donors (Lipinski definition) is 1. The van der Waals surface area contributed by atoms with Crippen molar-refractivity contribution in [3.8, 4) is 17.1 Å². The van der Waals surface area contributed by atoms with Crippen molar-refractivity contribution in [1.82, 2.24) is 15.0 Å². The highest BCUT2D eigenvalue weighted by Crippen LogP contribution is 2.26. The molecule has 0 aliphatic heterocycles. The monoisotopic (exact) mass is 321 g/mol. The van der Waals surface area contributed by atoms with E-state index in [0.29, 0.717) is 33.8 Å². The highest BCUT2D eigenvalue weighted by Gasteiger charge is 2.14. The van der Waals surface area contributed by atoms with Gasteiger partial charge in [0.25, 0.3) is 5.56 Å². The molecule has 0 radical (unpaired) electrons. The summed E-state index contributed by atoms with van der Waals surface area (Å²) in [7, 11) is 0. The minimum atomic E-state index is -0.420. The molecule has 0 bridgehead atoms. The number of furan rings is 1. The van der Waals surface area contributed by atoms with E-state index < -0.39 is 11.5 Å². The molecule has 0 spiro atoms. The quantitative estimate of drug-likeness (QED) is 0.450. The maximum atomic E-state index is 12.3. The molecule has 7 nitrogen and oxygen atoms in total. The Balaban J connectivity index is 1.93. The SMILES string of the molecule is CC(=O)Oc1cccc(-c2nc3c(oc4ncccc43)c(=O)[nH]2)c1. The largest absolute Gasteiger partial charge is 0.430 e. The minimum Gasteiger partial charge on any atom is -0.430 e. The van der Waals surface area contributed by atoms with Crippen LogP contribution in [0.3, 0.4) is 0 Å². The summed E-state index contributed by atoms with van der Waals surface area (Å²) in [6.07, 6.45) is 1.59. The Labute approximate surface area is 134 Å². The van der Waals surface area contributed by atoms with Gasteiger partial charge in [0.2, 0.25) is 11.3 Å². The number of nitrogens with one attached hydrogen (secondary N) is 1. The number of rotatable bonds is 2. The topological polar surface area (TPSA) is 98.1 Å². The van der Waals surface area contributed by atoms with Gasteiger partial charge in [-0.05, 0) is 24.3 Å². The number of fused-ring (bicyclic) bond motifs is 3. The molecule has 4 rings (SSSR count). The second-order valence-electron chi connectivity index (χ2n) is 5.17. The molecule has 3 aromatic heterocycles. The van der Waals surface area contributed by atoms with E-state index in [1.54, 1.807) is 42.6 Å². The Hall–Kier alpha value is -3.48. The van der Waals surface area contributed by atoms with Gasteiger partial charge in [0.1, 0.15) is 17.1 Å². The lowest BCUT2D eigenvalue weighted by molar-refractivity contribution is -0.131. The van der Waals surface area contributed by atoms with Gasteiger partial charge >= 0.3 is 5.97 Å². The molecule has 0 atom stereocenters.